The molecule has 0 saturated heterocycles. The van der Waals surface area contributed by atoms with Crippen molar-refractivity contribution < 1.29 is 4.79 Å². The summed E-state index contributed by atoms with van der Waals surface area (Å²) in [6.45, 7) is 5.80. The highest BCUT2D eigenvalue weighted by atomic mass is 32.2. The number of allylic oxidation sites excluding steroid dienone is 1. The fourth-order valence-corrected chi connectivity index (χ4v) is 3.69. The molecule has 0 fully saturated rings. The number of unbranched alkanes of at least 4 members (excludes halogenated alkanes) is 2. The van der Waals surface area contributed by atoms with Crippen LogP contribution in [-0.2, 0) is 0 Å². The number of nitrogens with two attached hydrogens (primary N) is 1. The van der Waals surface area contributed by atoms with Crippen molar-refractivity contribution in [1.29, 1.82) is 0 Å². The minimum atomic E-state index is -0.255. The van der Waals surface area contributed by atoms with E-state index in [0.29, 0.717) is 10.6 Å². The Balaban J connectivity index is 1.65. The third kappa shape index (κ3) is 10.7. The number of amides is 1. The molecule has 0 atom stereocenters. The van der Waals surface area contributed by atoms with Gasteiger partial charge in [-0.05, 0) is 89.1 Å². The SMILES string of the molecule is Cc1ccc(Sc2ncccc2C(=O)/N=C/CCC=CNCCCCNCCCN)cc1. The number of hydrogen-bond donors (Lipinski definition) is 3. The van der Waals surface area contributed by atoms with Gasteiger partial charge in [0.25, 0.3) is 5.91 Å². The Bertz CT molecular complexity index is 852. The third-order valence-corrected chi connectivity index (χ3v) is 5.65. The van der Waals surface area contributed by atoms with Crippen LogP contribution in [0.15, 0.2) is 69.8 Å². The average Bonchev–Trinajstić information content (AvgIpc) is 2.81. The molecule has 2 rings (SSSR count). The van der Waals surface area contributed by atoms with Gasteiger partial charge in [-0.1, -0.05) is 35.5 Å². The largest absolute Gasteiger partial charge is 0.391 e. The van der Waals surface area contributed by atoms with Crippen molar-refractivity contribution in [2.24, 2.45) is 10.7 Å². The van der Waals surface area contributed by atoms with Crippen molar-refractivity contribution in [2.45, 2.75) is 48.9 Å². The molecule has 7 heteroatoms. The Hall–Kier alpha value is -2.48. The molecular weight excluding hydrogens is 418 g/mol. The molecular formula is C25H35N5OS. The minimum absolute atomic E-state index is 0.255. The maximum absolute atomic E-state index is 12.5. The first-order chi connectivity index (χ1) is 15.7. The number of hydrogen-bond acceptors (Lipinski definition) is 6. The Morgan fingerprint density at radius 3 is 2.69 bits per heavy atom. The van der Waals surface area contributed by atoms with Gasteiger partial charge in [-0.2, -0.15) is 0 Å². The number of carbonyl (C=O) groups excluding carboxylic acids is 1. The van der Waals surface area contributed by atoms with E-state index in [1.165, 1.54) is 17.3 Å². The van der Waals surface area contributed by atoms with Crippen molar-refractivity contribution in [3.05, 3.63) is 66.0 Å². The summed E-state index contributed by atoms with van der Waals surface area (Å²) in [4.78, 5) is 22.1. The fraction of sp³-hybridized carbons (Fsp3) is 0.400. The molecule has 1 amide bonds. The van der Waals surface area contributed by atoms with E-state index in [1.807, 2.05) is 18.3 Å². The van der Waals surface area contributed by atoms with Crippen LogP contribution < -0.4 is 16.4 Å². The summed E-state index contributed by atoms with van der Waals surface area (Å²) in [6.07, 6.45) is 12.3. The lowest BCUT2D eigenvalue weighted by Crippen LogP contribution is -2.20. The Morgan fingerprint density at radius 2 is 1.88 bits per heavy atom. The van der Waals surface area contributed by atoms with Crippen LogP contribution in [0.5, 0.6) is 0 Å². The molecule has 6 nitrogen and oxygen atoms in total. The first-order valence-corrected chi connectivity index (χ1v) is 12.1. The lowest BCUT2D eigenvalue weighted by molar-refractivity contribution is 0.1000. The molecule has 4 N–H and O–H groups in total. The summed E-state index contributed by atoms with van der Waals surface area (Å²) in [5.41, 5.74) is 7.19. The van der Waals surface area contributed by atoms with Crippen LogP contribution in [0.25, 0.3) is 0 Å². The molecule has 1 aromatic heterocycles. The number of benzene rings is 1. The Labute approximate surface area is 196 Å². The van der Waals surface area contributed by atoms with Gasteiger partial charge in [0.05, 0.1) is 5.56 Å². The maximum Gasteiger partial charge on any atom is 0.279 e. The first kappa shape index (κ1) is 25.8. The number of aryl methyl sites for hydroxylation is 1. The fourth-order valence-electron chi connectivity index (χ4n) is 2.82. The number of aromatic nitrogens is 1. The number of rotatable bonds is 15. The van der Waals surface area contributed by atoms with Crippen molar-refractivity contribution in [3.63, 3.8) is 0 Å². The normalized spacial score (nSPS) is 11.4. The van der Waals surface area contributed by atoms with Gasteiger partial charge in [-0.3, -0.25) is 4.79 Å². The molecule has 1 heterocycles. The quantitative estimate of drug-likeness (QED) is 0.274. The van der Waals surface area contributed by atoms with Crippen molar-refractivity contribution in [3.8, 4) is 0 Å². The summed E-state index contributed by atoms with van der Waals surface area (Å²) in [5.74, 6) is -0.255. The summed E-state index contributed by atoms with van der Waals surface area (Å²) >= 11 is 1.48. The van der Waals surface area contributed by atoms with Crippen LogP contribution in [-0.4, -0.2) is 43.3 Å². The van der Waals surface area contributed by atoms with Crippen LogP contribution in [0.4, 0.5) is 0 Å². The van der Waals surface area contributed by atoms with Gasteiger partial charge in [0.2, 0.25) is 0 Å². The second kappa shape index (κ2) is 16.2. The Kier molecular flexibility index (Phi) is 13.0. The van der Waals surface area contributed by atoms with E-state index in [9.17, 15) is 4.79 Å². The third-order valence-electron chi connectivity index (χ3n) is 4.63. The number of carbonyl (C=O) groups is 1. The minimum Gasteiger partial charge on any atom is -0.391 e. The number of aliphatic imine (C=N–C) groups is 1. The van der Waals surface area contributed by atoms with Crippen LogP contribution in [0.2, 0.25) is 0 Å². The topological polar surface area (TPSA) is 92.4 Å². The Morgan fingerprint density at radius 1 is 1.09 bits per heavy atom. The zero-order valence-electron chi connectivity index (χ0n) is 18.9. The van der Waals surface area contributed by atoms with E-state index in [0.717, 1.165) is 63.2 Å². The first-order valence-electron chi connectivity index (χ1n) is 11.3. The van der Waals surface area contributed by atoms with Gasteiger partial charge in [0, 0.05) is 23.9 Å². The van der Waals surface area contributed by atoms with Gasteiger partial charge in [-0.25, -0.2) is 9.98 Å². The summed E-state index contributed by atoms with van der Waals surface area (Å²) in [6, 6.07) is 11.7. The predicted molar refractivity (Wildman–Crippen MR) is 135 cm³/mol. The monoisotopic (exact) mass is 453 g/mol. The molecule has 0 radical (unpaired) electrons. The molecule has 0 saturated carbocycles. The van der Waals surface area contributed by atoms with Gasteiger partial charge >= 0.3 is 0 Å². The molecule has 0 spiro atoms. The van der Waals surface area contributed by atoms with Gasteiger partial charge in [0.15, 0.2) is 0 Å². The van der Waals surface area contributed by atoms with Crippen molar-refractivity contribution >= 4 is 23.9 Å². The zero-order chi connectivity index (χ0) is 22.9. The highest BCUT2D eigenvalue weighted by Gasteiger charge is 2.12. The highest BCUT2D eigenvalue weighted by Crippen LogP contribution is 2.29. The molecule has 2 aromatic rings. The number of nitrogens with zero attached hydrogens (tertiary/aromatic N) is 2. The maximum atomic E-state index is 12.5. The average molecular weight is 454 g/mol. The van der Waals surface area contributed by atoms with Crippen LogP contribution in [0.1, 0.15) is 48.0 Å². The summed E-state index contributed by atoms with van der Waals surface area (Å²) < 4.78 is 0. The summed E-state index contributed by atoms with van der Waals surface area (Å²) in [5, 5.41) is 7.35. The lowest BCUT2D eigenvalue weighted by Gasteiger charge is -2.05. The molecule has 0 unspecified atom stereocenters. The molecule has 0 aliphatic heterocycles. The van der Waals surface area contributed by atoms with Crippen LogP contribution >= 0.6 is 11.8 Å². The second-order valence-corrected chi connectivity index (χ2v) is 8.48. The zero-order valence-corrected chi connectivity index (χ0v) is 19.7. The van der Waals surface area contributed by atoms with E-state index in [1.54, 1.807) is 24.5 Å². The number of pyridine rings is 1. The van der Waals surface area contributed by atoms with Gasteiger partial charge in [0.1, 0.15) is 5.03 Å². The van der Waals surface area contributed by atoms with Gasteiger partial charge in [-0.15, -0.1) is 0 Å². The van der Waals surface area contributed by atoms with E-state index in [2.05, 4.69) is 45.7 Å². The lowest BCUT2D eigenvalue weighted by atomic mass is 10.2. The predicted octanol–water partition coefficient (Wildman–Crippen LogP) is 4.35. The molecule has 1 aromatic carbocycles. The number of nitrogens with one attached hydrogen (secondary N) is 2. The highest BCUT2D eigenvalue weighted by molar-refractivity contribution is 7.99. The van der Waals surface area contributed by atoms with Crippen molar-refractivity contribution in [1.82, 2.24) is 15.6 Å². The van der Waals surface area contributed by atoms with E-state index in [4.69, 9.17) is 5.73 Å². The molecule has 32 heavy (non-hydrogen) atoms. The molecule has 0 aliphatic rings. The van der Waals surface area contributed by atoms with E-state index < -0.39 is 0 Å². The molecule has 0 bridgehead atoms. The smallest absolute Gasteiger partial charge is 0.279 e. The van der Waals surface area contributed by atoms with Crippen molar-refractivity contribution in [2.75, 3.05) is 26.2 Å². The van der Waals surface area contributed by atoms with Gasteiger partial charge < -0.3 is 16.4 Å². The van der Waals surface area contributed by atoms with Crippen LogP contribution in [0, 0.1) is 6.92 Å². The van der Waals surface area contributed by atoms with E-state index >= 15 is 0 Å². The van der Waals surface area contributed by atoms with E-state index in [-0.39, 0.29) is 5.91 Å². The van der Waals surface area contributed by atoms with Crippen LogP contribution in [0.3, 0.4) is 0 Å². The standard InChI is InChI=1S/C25H35N5OS/c1-21-10-12-22(13-11-21)32-25-23(9-7-20-30-25)24(31)29-19-4-2-3-15-27-16-5-6-17-28-18-8-14-26/h3,7,9-13,15,19-20,27-28H,2,4-6,8,14,16-18,26H2,1H3/b15-3?,29-19+. The molecule has 172 valence electrons. The molecule has 0 aliphatic carbocycles. The second-order valence-electron chi connectivity index (χ2n) is 7.42. The summed E-state index contributed by atoms with van der Waals surface area (Å²) in [7, 11) is 0.